The van der Waals surface area contributed by atoms with E-state index in [1.165, 1.54) is 18.5 Å². The highest BCUT2D eigenvalue weighted by Crippen LogP contribution is 2.30. The minimum Gasteiger partial charge on any atom is -0.349 e. The van der Waals surface area contributed by atoms with Gasteiger partial charge in [-0.15, -0.1) is 0 Å². The van der Waals surface area contributed by atoms with E-state index in [1.54, 1.807) is 6.07 Å². The second-order valence-corrected chi connectivity index (χ2v) is 5.84. The van der Waals surface area contributed by atoms with E-state index in [1.807, 2.05) is 0 Å². The average Bonchev–Trinajstić information content (AvgIpc) is 3.14. The van der Waals surface area contributed by atoms with Crippen molar-refractivity contribution in [3.63, 3.8) is 0 Å². The van der Waals surface area contributed by atoms with Gasteiger partial charge < -0.3 is 10.6 Å². The number of aromatic nitrogens is 2. The number of carbonyl (C=O) groups excluding carboxylic acids is 1. The molecule has 132 valence electrons. The maximum atomic E-state index is 12.6. The van der Waals surface area contributed by atoms with Gasteiger partial charge in [-0.1, -0.05) is 12.1 Å². The lowest BCUT2D eigenvalue weighted by atomic mass is 10.1. The Morgan fingerprint density at radius 1 is 1.24 bits per heavy atom. The highest BCUT2D eigenvalue weighted by molar-refractivity contribution is 5.81. The number of nitrogens with one attached hydrogen (secondary N) is 2. The third-order valence-electron chi connectivity index (χ3n) is 4.05. The highest BCUT2D eigenvalue weighted by atomic mass is 19.4. The lowest BCUT2D eigenvalue weighted by Gasteiger charge is -2.11. The van der Waals surface area contributed by atoms with Gasteiger partial charge in [0.05, 0.1) is 29.5 Å². The molecule has 1 atom stereocenters. The molecule has 1 aliphatic rings. The van der Waals surface area contributed by atoms with Crippen molar-refractivity contribution in [2.24, 2.45) is 0 Å². The Morgan fingerprint density at radius 2 is 2.00 bits per heavy atom. The maximum absolute atomic E-state index is 12.6. The van der Waals surface area contributed by atoms with Gasteiger partial charge in [0.15, 0.2) is 0 Å². The van der Waals surface area contributed by atoms with Crippen LogP contribution in [-0.4, -0.2) is 28.5 Å². The molecule has 1 fully saturated rings. The number of hydrogen-bond acceptors (Lipinski definition) is 4. The fourth-order valence-electron chi connectivity index (χ4n) is 2.69. The zero-order chi connectivity index (χ0) is 17.9. The second-order valence-electron chi connectivity index (χ2n) is 5.84. The summed E-state index contributed by atoms with van der Waals surface area (Å²) in [4.78, 5) is 20.2. The number of nitrogens with zero attached hydrogens (tertiary/aromatic N) is 2. The zero-order valence-corrected chi connectivity index (χ0v) is 13.3. The zero-order valence-electron chi connectivity index (χ0n) is 13.3. The molecule has 0 aliphatic carbocycles. The summed E-state index contributed by atoms with van der Waals surface area (Å²) in [6.45, 7) is 1.08. The van der Waals surface area contributed by atoms with Gasteiger partial charge in [0.1, 0.15) is 6.33 Å². The Bertz CT molecular complexity index is 740. The van der Waals surface area contributed by atoms with Crippen molar-refractivity contribution >= 4 is 5.91 Å². The van der Waals surface area contributed by atoms with E-state index in [0.29, 0.717) is 17.0 Å². The standard InChI is InChI=1S/C17H17F3N4O/c18-17(19,20)12-5-3-11(4-6-12)15-8-13(23-10-24-15)9-22-16(25)14-2-1-7-21-14/h3-6,8,10,14,21H,1-2,7,9H2,(H,22,25). The Labute approximate surface area is 142 Å². The molecule has 0 saturated carbocycles. The van der Waals surface area contributed by atoms with E-state index < -0.39 is 11.7 Å². The average molecular weight is 350 g/mol. The van der Waals surface area contributed by atoms with Crippen molar-refractivity contribution in [3.8, 4) is 11.3 Å². The van der Waals surface area contributed by atoms with Crippen molar-refractivity contribution in [1.82, 2.24) is 20.6 Å². The van der Waals surface area contributed by atoms with Gasteiger partial charge in [-0.2, -0.15) is 13.2 Å². The summed E-state index contributed by atoms with van der Waals surface area (Å²) < 4.78 is 37.9. The first-order chi connectivity index (χ1) is 11.9. The molecule has 2 heterocycles. The number of benzene rings is 1. The van der Waals surface area contributed by atoms with Crippen molar-refractivity contribution < 1.29 is 18.0 Å². The van der Waals surface area contributed by atoms with Gasteiger partial charge in [0.25, 0.3) is 0 Å². The molecular formula is C17H17F3N4O. The summed E-state index contributed by atoms with van der Waals surface area (Å²) in [5, 5.41) is 5.92. The summed E-state index contributed by atoms with van der Waals surface area (Å²) in [7, 11) is 0. The molecule has 1 amide bonds. The highest BCUT2D eigenvalue weighted by Gasteiger charge is 2.30. The van der Waals surface area contributed by atoms with E-state index in [2.05, 4.69) is 20.6 Å². The van der Waals surface area contributed by atoms with Crippen LogP contribution >= 0.6 is 0 Å². The van der Waals surface area contributed by atoms with Crippen LogP contribution in [0.5, 0.6) is 0 Å². The quantitative estimate of drug-likeness (QED) is 0.889. The first kappa shape index (κ1) is 17.3. The molecule has 3 rings (SSSR count). The van der Waals surface area contributed by atoms with Crippen LogP contribution in [0.25, 0.3) is 11.3 Å². The van der Waals surface area contributed by atoms with Gasteiger partial charge in [-0.05, 0) is 37.6 Å². The first-order valence-corrected chi connectivity index (χ1v) is 7.93. The van der Waals surface area contributed by atoms with Crippen LogP contribution in [-0.2, 0) is 17.5 Å². The SMILES string of the molecule is O=C(NCc1cc(-c2ccc(C(F)(F)F)cc2)ncn1)C1CCCN1. The summed E-state index contributed by atoms with van der Waals surface area (Å²) in [5.41, 5.74) is 0.950. The summed E-state index contributed by atoms with van der Waals surface area (Å²) >= 11 is 0. The molecule has 1 aliphatic heterocycles. The van der Waals surface area contributed by atoms with E-state index in [0.717, 1.165) is 31.5 Å². The van der Waals surface area contributed by atoms with E-state index in [-0.39, 0.29) is 18.5 Å². The Hall–Kier alpha value is -2.48. The number of amides is 1. The van der Waals surface area contributed by atoms with Crippen molar-refractivity contribution in [2.75, 3.05) is 6.54 Å². The Balaban J connectivity index is 1.67. The van der Waals surface area contributed by atoms with Gasteiger partial charge in [0.2, 0.25) is 5.91 Å². The van der Waals surface area contributed by atoms with Gasteiger partial charge in [-0.3, -0.25) is 4.79 Å². The normalized spacial score (nSPS) is 17.5. The summed E-state index contributed by atoms with van der Waals surface area (Å²) in [5.74, 6) is -0.0767. The molecular weight excluding hydrogens is 333 g/mol. The van der Waals surface area contributed by atoms with Crippen LogP contribution in [0.2, 0.25) is 0 Å². The lowest BCUT2D eigenvalue weighted by molar-refractivity contribution is -0.137. The number of hydrogen-bond donors (Lipinski definition) is 2. The number of alkyl halides is 3. The number of rotatable bonds is 4. The number of halogens is 3. The van der Waals surface area contributed by atoms with Crippen molar-refractivity contribution in [3.05, 3.63) is 47.9 Å². The predicted octanol–water partition coefficient (Wildman–Crippen LogP) is 2.53. The van der Waals surface area contributed by atoms with E-state index in [9.17, 15) is 18.0 Å². The maximum Gasteiger partial charge on any atom is 0.416 e. The first-order valence-electron chi connectivity index (χ1n) is 7.93. The summed E-state index contributed by atoms with van der Waals surface area (Å²) in [6, 6.07) is 6.27. The molecule has 1 saturated heterocycles. The third-order valence-corrected chi connectivity index (χ3v) is 4.05. The molecule has 0 bridgehead atoms. The van der Waals surface area contributed by atoms with Crippen LogP contribution in [0.15, 0.2) is 36.7 Å². The van der Waals surface area contributed by atoms with Gasteiger partial charge in [-0.25, -0.2) is 9.97 Å². The fraction of sp³-hybridized carbons (Fsp3) is 0.353. The monoisotopic (exact) mass is 350 g/mol. The molecule has 0 radical (unpaired) electrons. The van der Waals surface area contributed by atoms with E-state index in [4.69, 9.17) is 0 Å². The molecule has 0 spiro atoms. The molecule has 8 heteroatoms. The van der Waals surface area contributed by atoms with Crippen molar-refractivity contribution in [1.29, 1.82) is 0 Å². The fourth-order valence-corrected chi connectivity index (χ4v) is 2.69. The molecule has 1 unspecified atom stereocenters. The lowest BCUT2D eigenvalue weighted by Crippen LogP contribution is -2.40. The topological polar surface area (TPSA) is 66.9 Å². The number of carbonyl (C=O) groups is 1. The molecule has 2 aromatic rings. The molecule has 5 nitrogen and oxygen atoms in total. The minimum absolute atomic E-state index is 0.0767. The molecule has 1 aromatic heterocycles. The van der Waals surface area contributed by atoms with Crippen LogP contribution in [0, 0.1) is 0 Å². The van der Waals surface area contributed by atoms with E-state index >= 15 is 0 Å². The smallest absolute Gasteiger partial charge is 0.349 e. The second kappa shape index (κ2) is 7.18. The molecule has 2 N–H and O–H groups in total. The third kappa shape index (κ3) is 4.33. The summed E-state index contributed by atoms with van der Waals surface area (Å²) in [6.07, 6.45) is -1.24. The van der Waals surface area contributed by atoms with Crippen LogP contribution in [0.4, 0.5) is 13.2 Å². The predicted molar refractivity (Wildman–Crippen MR) is 85.3 cm³/mol. The minimum atomic E-state index is -4.37. The van der Waals surface area contributed by atoms with Gasteiger partial charge >= 0.3 is 6.18 Å². The van der Waals surface area contributed by atoms with Crippen LogP contribution in [0.3, 0.4) is 0 Å². The van der Waals surface area contributed by atoms with Crippen LogP contribution in [0.1, 0.15) is 24.1 Å². The van der Waals surface area contributed by atoms with Crippen LogP contribution < -0.4 is 10.6 Å². The Kier molecular flexibility index (Phi) is 4.98. The van der Waals surface area contributed by atoms with Gasteiger partial charge in [0, 0.05) is 5.56 Å². The molecule has 25 heavy (non-hydrogen) atoms. The largest absolute Gasteiger partial charge is 0.416 e. The molecule has 1 aromatic carbocycles. The van der Waals surface area contributed by atoms with Crippen molar-refractivity contribution in [2.45, 2.75) is 31.6 Å². The Morgan fingerprint density at radius 3 is 2.64 bits per heavy atom.